The van der Waals surface area contributed by atoms with Gasteiger partial charge >= 0.3 is 0 Å². The minimum absolute atomic E-state index is 0.102. The van der Waals surface area contributed by atoms with Crippen molar-refractivity contribution < 1.29 is 19.7 Å². The Morgan fingerprint density at radius 3 is 2.62 bits per heavy atom. The molecular formula is C20H34ClN3O2+2. The minimum Gasteiger partial charge on any atom is -0.507 e. The number of benzene rings is 1. The highest BCUT2D eigenvalue weighted by Gasteiger charge is 2.29. The van der Waals surface area contributed by atoms with Gasteiger partial charge in [-0.15, -0.1) is 0 Å². The largest absolute Gasteiger partial charge is 0.507 e. The van der Waals surface area contributed by atoms with Gasteiger partial charge in [0.25, 0.3) is 0 Å². The van der Waals surface area contributed by atoms with Gasteiger partial charge in [-0.1, -0.05) is 25.4 Å². The van der Waals surface area contributed by atoms with Gasteiger partial charge in [-0.2, -0.15) is 0 Å². The zero-order valence-corrected chi connectivity index (χ0v) is 17.2. The van der Waals surface area contributed by atoms with Crippen LogP contribution in [0.1, 0.15) is 32.3 Å². The first kappa shape index (κ1) is 21.0. The van der Waals surface area contributed by atoms with Crippen LogP contribution in [0.5, 0.6) is 5.75 Å². The van der Waals surface area contributed by atoms with E-state index in [0.717, 1.165) is 51.1 Å². The number of phenolic OH excluding ortho intramolecular Hbond substituents is 1. The van der Waals surface area contributed by atoms with Crippen LogP contribution in [-0.2, 0) is 11.3 Å². The molecule has 1 aromatic rings. The molecule has 1 amide bonds. The highest BCUT2D eigenvalue weighted by molar-refractivity contribution is 6.30. The molecule has 1 aliphatic rings. The summed E-state index contributed by atoms with van der Waals surface area (Å²) < 4.78 is 0. The molecule has 0 unspecified atom stereocenters. The van der Waals surface area contributed by atoms with E-state index < -0.39 is 0 Å². The highest BCUT2D eigenvalue weighted by atomic mass is 35.5. The summed E-state index contributed by atoms with van der Waals surface area (Å²) in [5.74, 6) is 0.595. The third-order valence-electron chi connectivity index (χ3n) is 5.12. The van der Waals surface area contributed by atoms with Crippen LogP contribution >= 0.6 is 11.6 Å². The second-order valence-corrected chi connectivity index (χ2v) is 9.18. The zero-order chi connectivity index (χ0) is 19.3. The van der Waals surface area contributed by atoms with Gasteiger partial charge in [-0.05, 0) is 18.2 Å². The number of hydrogen-bond donors (Lipinski definition) is 4. The van der Waals surface area contributed by atoms with Crippen LogP contribution in [-0.4, -0.2) is 51.3 Å². The maximum atomic E-state index is 12.5. The highest BCUT2D eigenvalue weighted by Crippen LogP contribution is 2.21. The second-order valence-electron chi connectivity index (χ2n) is 8.74. The van der Waals surface area contributed by atoms with E-state index in [1.165, 1.54) is 9.80 Å². The number of halogens is 1. The van der Waals surface area contributed by atoms with Gasteiger partial charge in [0.1, 0.15) is 12.3 Å². The molecule has 6 heteroatoms. The Kier molecular flexibility index (Phi) is 7.33. The molecule has 1 fully saturated rings. The molecule has 1 aromatic carbocycles. The number of quaternary nitrogens is 2. The monoisotopic (exact) mass is 383 g/mol. The van der Waals surface area contributed by atoms with Crippen molar-refractivity contribution in [2.24, 2.45) is 11.3 Å². The lowest BCUT2D eigenvalue weighted by Crippen LogP contribution is -3.11. The molecular weight excluding hydrogens is 350 g/mol. The minimum atomic E-state index is 0.102. The third-order valence-corrected chi connectivity index (χ3v) is 5.35. The van der Waals surface area contributed by atoms with Crippen molar-refractivity contribution in [2.45, 2.75) is 33.2 Å². The summed E-state index contributed by atoms with van der Waals surface area (Å²) in [4.78, 5) is 15.3. The predicted octanol–water partition coefficient (Wildman–Crippen LogP) is 0.127. The van der Waals surface area contributed by atoms with Crippen LogP contribution < -0.4 is 15.1 Å². The first-order valence-corrected chi connectivity index (χ1v) is 9.92. The Bertz CT molecular complexity index is 611. The summed E-state index contributed by atoms with van der Waals surface area (Å²) in [6.07, 6.45) is 1.78. The van der Waals surface area contributed by atoms with E-state index in [1.807, 2.05) is 6.07 Å². The van der Waals surface area contributed by atoms with Gasteiger partial charge in [0.2, 0.25) is 5.91 Å². The molecule has 0 atom stereocenters. The van der Waals surface area contributed by atoms with E-state index in [2.05, 4.69) is 33.3 Å². The maximum absolute atomic E-state index is 12.5. The Balaban J connectivity index is 1.78. The Morgan fingerprint density at radius 2 is 2.00 bits per heavy atom. The summed E-state index contributed by atoms with van der Waals surface area (Å²) >= 11 is 6.03. The zero-order valence-electron chi connectivity index (χ0n) is 16.5. The quantitative estimate of drug-likeness (QED) is 0.541. The molecule has 1 saturated heterocycles. The molecule has 0 spiro atoms. The van der Waals surface area contributed by atoms with E-state index in [4.69, 9.17) is 11.6 Å². The fourth-order valence-electron chi connectivity index (χ4n) is 3.92. The number of amides is 1. The third kappa shape index (κ3) is 6.45. The molecule has 4 N–H and O–H groups in total. The van der Waals surface area contributed by atoms with E-state index in [0.29, 0.717) is 10.8 Å². The van der Waals surface area contributed by atoms with Gasteiger partial charge in [0.15, 0.2) is 0 Å². The van der Waals surface area contributed by atoms with Gasteiger partial charge in [0.05, 0.1) is 33.7 Å². The van der Waals surface area contributed by atoms with Crippen LogP contribution in [0, 0.1) is 11.3 Å². The number of carbonyl (C=O) groups is 1. The maximum Gasteiger partial charge on any atom is 0.223 e. The molecule has 146 valence electrons. The van der Waals surface area contributed by atoms with E-state index in [-0.39, 0.29) is 17.2 Å². The molecule has 0 bridgehead atoms. The number of likely N-dealkylation sites (tertiary alicyclic amines) is 1. The average Bonchev–Trinajstić information content (AvgIpc) is 2.56. The average molecular weight is 384 g/mol. The Hall–Kier alpha value is -1.30. The van der Waals surface area contributed by atoms with Crippen molar-refractivity contribution in [3.8, 4) is 5.75 Å². The summed E-state index contributed by atoms with van der Waals surface area (Å²) in [7, 11) is 4.28. The van der Waals surface area contributed by atoms with Crippen molar-refractivity contribution >= 4 is 17.5 Å². The van der Waals surface area contributed by atoms with E-state index >= 15 is 0 Å². The van der Waals surface area contributed by atoms with E-state index in [9.17, 15) is 9.90 Å². The molecule has 0 radical (unpaired) electrons. The molecule has 2 rings (SSSR count). The Labute approximate surface area is 162 Å². The number of hydrogen-bond acceptors (Lipinski definition) is 2. The van der Waals surface area contributed by atoms with Crippen molar-refractivity contribution in [3.05, 3.63) is 28.8 Å². The first-order chi connectivity index (χ1) is 12.2. The number of nitrogens with one attached hydrogen (secondary N) is 3. The predicted molar refractivity (Wildman–Crippen MR) is 105 cm³/mol. The topological polar surface area (TPSA) is 58.2 Å². The lowest BCUT2D eigenvalue weighted by molar-refractivity contribution is -0.919. The molecule has 1 aliphatic heterocycles. The SMILES string of the molecule is C[NH+](C)CC(C)(C)CNC(=O)C1CC[NH+](Cc2cc(Cl)ccc2O)CC1. The smallest absolute Gasteiger partial charge is 0.223 e. The molecule has 0 aromatic heterocycles. The van der Waals surface area contributed by atoms with Crippen LogP contribution in [0.4, 0.5) is 0 Å². The standard InChI is InChI=1S/C20H32ClN3O2/c1-20(2,14-23(3)4)13-22-19(26)15-7-9-24(10-8-15)12-16-11-17(21)5-6-18(16)25/h5-6,11,15,25H,7-10,12-14H2,1-4H3,(H,22,26)/p+2. The normalized spacial score (nSPS) is 21.0. The fraction of sp³-hybridized carbons (Fsp3) is 0.650. The number of carbonyl (C=O) groups excluding carboxylic acids is 1. The summed E-state index contributed by atoms with van der Waals surface area (Å²) in [6.45, 7) is 8.78. The van der Waals surface area contributed by atoms with Crippen LogP contribution in [0.25, 0.3) is 0 Å². The number of aromatic hydroxyl groups is 1. The number of rotatable bonds is 7. The number of phenols is 1. The van der Waals surface area contributed by atoms with Crippen LogP contribution in [0.2, 0.25) is 5.02 Å². The van der Waals surface area contributed by atoms with Gasteiger partial charge < -0.3 is 20.2 Å². The van der Waals surface area contributed by atoms with Crippen molar-refractivity contribution in [1.82, 2.24) is 5.32 Å². The summed E-state index contributed by atoms with van der Waals surface area (Å²) in [5.41, 5.74) is 0.980. The lowest BCUT2D eigenvalue weighted by atomic mass is 9.91. The molecule has 0 aliphatic carbocycles. The van der Waals surface area contributed by atoms with Gasteiger partial charge in [-0.25, -0.2) is 0 Å². The number of piperidine rings is 1. The molecule has 26 heavy (non-hydrogen) atoms. The molecule has 0 saturated carbocycles. The van der Waals surface area contributed by atoms with Crippen molar-refractivity contribution in [1.29, 1.82) is 0 Å². The van der Waals surface area contributed by atoms with Crippen LogP contribution in [0.15, 0.2) is 18.2 Å². The summed E-state index contributed by atoms with van der Waals surface area (Å²) in [5, 5.41) is 13.8. The lowest BCUT2D eigenvalue weighted by Gasteiger charge is -2.30. The summed E-state index contributed by atoms with van der Waals surface area (Å²) in [6, 6.07) is 5.18. The second kappa shape index (κ2) is 9.07. The van der Waals surface area contributed by atoms with Crippen molar-refractivity contribution in [2.75, 3.05) is 40.3 Å². The molecule has 5 nitrogen and oxygen atoms in total. The fourth-order valence-corrected chi connectivity index (χ4v) is 4.12. The van der Waals surface area contributed by atoms with Crippen molar-refractivity contribution in [3.63, 3.8) is 0 Å². The van der Waals surface area contributed by atoms with Crippen LogP contribution in [0.3, 0.4) is 0 Å². The first-order valence-electron chi connectivity index (χ1n) is 9.54. The van der Waals surface area contributed by atoms with Gasteiger partial charge in [0, 0.05) is 41.3 Å². The molecule has 1 heterocycles. The Morgan fingerprint density at radius 1 is 1.35 bits per heavy atom. The van der Waals surface area contributed by atoms with Gasteiger partial charge in [-0.3, -0.25) is 4.79 Å². The van der Waals surface area contributed by atoms with E-state index in [1.54, 1.807) is 12.1 Å².